The normalized spacial score (nSPS) is 18.5. The Morgan fingerprint density at radius 2 is 1.79 bits per heavy atom. The van der Waals surface area contributed by atoms with Crippen molar-refractivity contribution in [3.05, 3.63) is 48.3 Å². The quantitative estimate of drug-likeness (QED) is 0.792. The highest BCUT2D eigenvalue weighted by Crippen LogP contribution is 2.30. The van der Waals surface area contributed by atoms with Gasteiger partial charge in [0.15, 0.2) is 0 Å². The summed E-state index contributed by atoms with van der Waals surface area (Å²) in [7, 11) is 1.62. The second-order valence-corrected chi connectivity index (χ2v) is 7.10. The van der Waals surface area contributed by atoms with E-state index in [0.717, 1.165) is 11.3 Å². The Hall–Kier alpha value is -3.16. The van der Waals surface area contributed by atoms with Crippen molar-refractivity contribution in [1.82, 2.24) is 20.2 Å². The van der Waals surface area contributed by atoms with Crippen LogP contribution in [0.4, 0.5) is 10.7 Å². The van der Waals surface area contributed by atoms with E-state index in [2.05, 4.69) is 15.3 Å². The van der Waals surface area contributed by atoms with Gasteiger partial charge in [-0.1, -0.05) is 12.1 Å². The van der Waals surface area contributed by atoms with Gasteiger partial charge < -0.3 is 15.0 Å². The number of ether oxygens (including phenoxy) is 1. The van der Waals surface area contributed by atoms with Gasteiger partial charge in [-0.2, -0.15) is 0 Å². The molecule has 0 saturated carbocycles. The molecule has 1 N–H and O–H groups in total. The lowest BCUT2D eigenvalue weighted by molar-refractivity contribution is -0.132. The molecule has 2 aliphatic heterocycles. The van der Waals surface area contributed by atoms with E-state index in [1.807, 2.05) is 29.2 Å². The summed E-state index contributed by atoms with van der Waals surface area (Å²) in [4.78, 5) is 37.4. The zero-order valence-corrected chi connectivity index (χ0v) is 15.8. The minimum absolute atomic E-state index is 0.125. The molecule has 0 radical (unpaired) electrons. The van der Waals surface area contributed by atoms with Crippen LogP contribution in [0.25, 0.3) is 0 Å². The third-order valence-corrected chi connectivity index (χ3v) is 5.48. The van der Waals surface area contributed by atoms with Gasteiger partial charge in [-0.3, -0.25) is 9.69 Å². The molecular weight excluding hydrogens is 358 g/mol. The zero-order chi connectivity index (χ0) is 19.6. The Labute approximate surface area is 163 Å². The second kappa shape index (κ2) is 7.46. The van der Waals surface area contributed by atoms with E-state index in [-0.39, 0.29) is 11.9 Å². The maximum atomic E-state index is 13.0. The molecule has 1 spiro atoms. The molecule has 1 aromatic carbocycles. The fraction of sp³-hybridized carbons (Fsp3) is 0.400. The van der Waals surface area contributed by atoms with Crippen LogP contribution >= 0.6 is 0 Å². The molecular formula is C20H23N5O3. The predicted molar refractivity (Wildman–Crippen MR) is 103 cm³/mol. The number of imide groups is 1. The molecule has 2 aliphatic rings. The monoisotopic (exact) mass is 381 g/mol. The van der Waals surface area contributed by atoms with Crippen LogP contribution in [0.2, 0.25) is 0 Å². The smallest absolute Gasteiger partial charge is 0.325 e. The van der Waals surface area contributed by atoms with E-state index in [9.17, 15) is 9.59 Å². The van der Waals surface area contributed by atoms with Crippen molar-refractivity contribution in [2.45, 2.75) is 24.8 Å². The van der Waals surface area contributed by atoms with Crippen molar-refractivity contribution in [2.24, 2.45) is 0 Å². The van der Waals surface area contributed by atoms with Crippen molar-refractivity contribution >= 4 is 17.9 Å². The number of benzene rings is 1. The van der Waals surface area contributed by atoms with Crippen molar-refractivity contribution in [1.29, 1.82) is 0 Å². The third kappa shape index (κ3) is 3.37. The van der Waals surface area contributed by atoms with Gasteiger partial charge in [0.1, 0.15) is 11.3 Å². The zero-order valence-electron chi connectivity index (χ0n) is 15.8. The first-order valence-corrected chi connectivity index (χ1v) is 9.40. The highest BCUT2D eigenvalue weighted by atomic mass is 16.5. The largest absolute Gasteiger partial charge is 0.497 e. The average Bonchev–Trinajstić information content (AvgIpc) is 2.97. The topological polar surface area (TPSA) is 87.7 Å². The maximum Gasteiger partial charge on any atom is 0.325 e. The first kappa shape index (κ1) is 18.2. The number of anilines is 1. The first-order chi connectivity index (χ1) is 13.6. The molecule has 0 aliphatic carbocycles. The summed E-state index contributed by atoms with van der Waals surface area (Å²) in [6.45, 7) is 1.62. The van der Waals surface area contributed by atoms with E-state index < -0.39 is 5.54 Å². The maximum absolute atomic E-state index is 13.0. The number of urea groups is 1. The van der Waals surface area contributed by atoms with Gasteiger partial charge >= 0.3 is 6.03 Å². The van der Waals surface area contributed by atoms with Gasteiger partial charge in [-0.25, -0.2) is 14.8 Å². The highest BCUT2D eigenvalue weighted by Gasteiger charge is 2.52. The Kier molecular flexibility index (Phi) is 4.85. The van der Waals surface area contributed by atoms with E-state index in [1.165, 1.54) is 4.90 Å². The molecule has 2 aromatic rings. The van der Waals surface area contributed by atoms with Crippen LogP contribution in [0, 0.1) is 0 Å². The van der Waals surface area contributed by atoms with Gasteiger partial charge in [0.25, 0.3) is 5.91 Å². The van der Waals surface area contributed by atoms with Crippen LogP contribution in [0.3, 0.4) is 0 Å². The summed E-state index contributed by atoms with van der Waals surface area (Å²) in [6, 6.07) is 9.13. The lowest BCUT2D eigenvalue weighted by Gasteiger charge is -2.37. The lowest BCUT2D eigenvalue weighted by Crippen LogP contribution is -2.55. The highest BCUT2D eigenvalue weighted by molar-refractivity contribution is 6.07. The van der Waals surface area contributed by atoms with Gasteiger partial charge in [-0.05, 0) is 43.0 Å². The van der Waals surface area contributed by atoms with E-state index in [0.29, 0.717) is 44.8 Å². The van der Waals surface area contributed by atoms with Gasteiger partial charge in [0, 0.05) is 32.0 Å². The van der Waals surface area contributed by atoms with Gasteiger partial charge in [0.05, 0.1) is 7.11 Å². The minimum atomic E-state index is -0.803. The van der Waals surface area contributed by atoms with E-state index in [1.54, 1.807) is 25.6 Å². The summed E-state index contributed by atoms with van der Waals surface area (Å²) >= 11 is 0. The van der Waals surface area contributed by atoms with E-state index >= 15 is 0 Å². The third-order valence-electron chi connectivity index (χ3n) is 5.48. The molecule has 2 fully saturated rings. The Balaban J connectivity index is 1.38. The van der Waals surface area contributed by atoms with Crippen molar-refractivity contribution in [3.63, 3.8) is 0 Å². The Morgan fingerprint density at radius 1 is 1.11 bits per heavy atom. The van der Waals surface area contributed by atoms with Crippen molar-refractivity contribution in [3.8, 4) is 5.75 Å². The second-order valence-electron chi connectivity index (χ2n) is 7.10. The fourth-order valence-electron chi connectivity index (χ4n) is 3.79. The lowest BCUT2D eigenvalue weighted by atomic mass is 9.87. The SMILES string of the molecule is COc1ccc(CCN2C(=O)NC3(CCN(c4ncccn4)CC3)C2=O)cc1. The van der Waals surface area contributed by atoms with Crippen LogP contribution in [0.5, 0.6) is 5.75 Å². The fourth-order valence-corrected chi connectivity index (χ4v) is 3.79. The molecule has 4 rings (SSSR count). The molecule has 2 saturated heterocycles. The molecule has 0 atom stereocenters. The molecule has 0 bridgehead atoms. The summed E-state index contributed by atoms with van der Waals surface area (Å²) in [5.41, 5.74) is 0.251. The molecule has 8 nitrogen and oxygen atoms in total. The molecule has 28 heavy (non-hydrogen) atoms. The van der Waals surface area contributed by atoms with Crippen LogP contribution in [-0.2, 0) is 11.2 Å². The number of rotatable bonds is 5. The van der Waals surface area contributed by atoms with Crippen LogP contribution < -0.4 is 15.0 Å². The number of amides is 3. The molecule has 0 unspecified atom stereocenters. The van der Waals surface area contributed by atoms with Crippen LogP contribution in [-0.4, -0.2) is 59.1 Å². The first-order valence-electron chi connectivity index (χ1n) is 9.40. The number of nitrogens with zero attached hydrogens (tertiary/aromatic N) is 4. The Bertz CT molecular complexity index is 848. The number of piperidine rings is 1. The molecule has 146 valence electrons. The number of aromatic nitrogens is 2. The van der Waals surface area contributed by atoms with Crippen molar-refractivity contribution < 1.29 is 14.3 Å². The number of methoxy groups -OCH3 is 1. The average molecular weight is 381 g/mol. The summed E-state index contributed by atoms with van der Waals surface area (Å²) in [5, 5.41) is 2.95. The van der Waals surface area contributed by atoms with Gasteiger partial charge in [0.2, 0.25) is 5.95 Å². The number of carbonyl (C=O) groups is 2. The summed E-state index contributed by atoms with van der Waals surface area (Å²) in [6.07, 6.45) is 5.12. The van der Waals surface area contributed by atoms with Crippen molar-refractivity contribution in [2.75, 3.05) is 31.6 Å². The number of hydrogen-bond donors (Lipinski definition) is 1. The number of carbonyl (C=O) groups excluding carboxylic acids is 2. The standard InChI is InChI=1S/C20H23N5O3/c1-28-16-5-3-15(4-6-16)7-12-25-17(26)20(23-19(25)27)8-13-24(14-9-20)18-21-10-2-11-22-18/h2-6,10-11H,7-9,12-14H2,1H3,(H,23,27). The van der Waals surface area contributed by atoms with E-state index in [4.69, 9.17) is 4.74 Å². The Morgan fingerprint density at radius 3 is 2.43 bits per heavy atom. The molecule has 8 heteroatoms. The molecule has 1 aromatic heterocycles. The number of hydrogen-bond acceptors (Lipinski definition) is 6. The molecule has 3 amide bonds. The summed E-state index contributed by atoms with van der Waals surface area (Å²) in [5.74, 6) is 1.32. The minimum Gasteiger partial charge on any atom is -0.497 e. The predicted octanol–water partition coefficient (Wildman–Crippen LogP) is 1.62. The van der Waals surface area contributed by atoms with Crippen LogP contribution in [0.1, 0.15) is 18.4 Å². The number of nitrogens with one attached hydrogen (secondary N) is 1. The molecule has 3 heterocycles. The van der Waals surface area contributed by atoms with Crippen LogP contribution in [0.15, 0.2) is 42.7 Å². The summed E-state index contributed by atoms with van der Waals surface area (Å²) < 4.78 is 5.16. The van der Waals surface area contributed by atoms with Gasteiger partial charge in [-0.15, -0.1) is 0 Å².